The molecular weight excluding hydrogens is 261 g/mol. The molecular formula is C11H13BrFNO. The summed E-state index contributed by atoms with van der Waals surface area (Å²) >= 11 is 3.21. The third kappa shape index (κ3) is 2.78. The summed E-state index contributed by atoms with van der Waals surface area (Å²) in [5.41, 5.74) is 0.538. The van der Waals surface area contributed by atoms with Crippen LogP contribution in [0, 0.1) is 12.7 Å². The molecule has 1 amide bonds. The van der Waals surface area contributed by atoms with Crippen molar-refractivity contribution in [2.75, 3.05) is 0 Å². The van der Waals surface area contributed by atoms with E-state index in [2.05, 4.69) is 21.2 Å². The Morgan fingerprint density at radius 2 is 2.07 bits per heavy atom. The Hall–Kier alpha value is -0.900. The Bertz CT molecular complexity index is 390. The molecule has 15 heavy (non-hydrogen) atoms. The summed E-state index contributed by atoms with van der Waals surface area (Å²) in [5, 5.41) is 2.65. The lowest BCUT2D eigenvalue weighted by atomic mass is 10.1. The highest BCUT2D eigenvalue weighted by molar-refractivity contribution is 9.10. The number of carbonyl (C=O) groups excluding carboxylic acids is 1. The lowest BCUT2D eigenvalue weighted by Gasteiger charge is -2.10. The standard InChI is InChI=1S/C11H13BrFNO/c1-6(2)14-11(15)8-4-5-9(12)7(3)10(8)13/h4-6H,1-3H3,(H,14,15). The summed E-state index contributed by atoms with van der Waals surface area (Å²) in [6, 6.07) is 3.15. The molecule has 1 N–H and O–H groups in total. The minimum absolute atomic E-state index is 0.000790. The Kier molecular flexibility index (Phi) is 3.85. The summed E-state index contributed by atoms with van der Waals surface area (Å²) in [7, 11) is 0. The van der Waals surface area contributed by atoms with E-state index in [0.717, 1.165) is 0 Å². The van der Waals surface area contributed by atoms with Gasteiger partial charge in [0.2, 0.25) is 0 Å². The summed E-state index contributed by atoms with van der Waals surface area (Å²) < 4.78 is 14.3. The molecule has 0 unspecified atom stereocenters. The molecule has 1 aromatic carbocycles. The molecule has 82 valence electrons. The van der Waals surface area contributed by atoms with Crippen LogP contribution in [0.25, 0.3) is 0 Å². The summed E-state index contributed by atoms with van der Waals surface area (Å²) in [6.45, 7) is 5.30. The van der Waals surface area contributed by atoms with E-state index in [0.29, 0.717) is 10.0 Å². The average Bonchev–Trinajstić information content (AvgIpc) is 2.13. The van der Waals surface area contributed by atoms with Crippen molar-refractivity contribution < 1.29 is 9.18 Å². The number of rotatable bonds is 2. The molecule has 0 saturated heterocycles. The van der Waals surface area contributed by atoms with Crippen LogP contribution < -0.4 is 5.32 Å². The second-order valence-corrected chi connectivity index (χ2v) is 4.52. The van der Waals surface area contributed by atoms with Gasteiger partial charge in [0, 0.05) is 10.5 Å². The van der Waals surface area contributed by atoms with Gasteiger partial charge in [-0.1, -0.05) is 15.9 Å². The van der Waals surface area contributed by atoms with Gasteiger partial charge in [-0.25, -0.2) is 4.39 Å². The summed E-state index contributed by atoms with van der Waals surface area (Å²) in [6.07, 6.45) is 0. The van der Waals surface area contributed by atoms with Gasteiger partial charge in [0.05, 0.1) is 5.56 Å². The SMILES string of the molecule is Cc1c(Br)ccc(C(=O)NC(C)C)c1F. The zero-order chi connectivity index (χ0) is 11.6. The molecule has 0 aliphatic carbocycles. The van der Waals surface area contributed by atoms with Gasteiger partial charge in [-0.3, -0.25) is 4.79 Å². The molecule has 0 aliphatic rings. The Morgan fingerprint density at radius 3 is 2.60 bits per heavy atom. The van der Waals surface area contributed by atoms with Crippen molar-refractivity contribution >= 4 is 21.8 Å². The molecule has 0 atom stereocenters. The Morgan fingerprint density at radius 1 is 1.47 bits per heavy atom. The van der Waals surface area contributed by atoms with E-state index < -0.39 is 5.82 Å². The normalized spacial score (nSPS) is 10.5. The number of halogens is 2. The predicted molar refractivity (Wildman–Crippen MR) is 61.4 cm³/mol. The Labute approximate surface area is 97.0 Å². The highest BCUT2D eigenvalue weighted by Crippen LogP contribution is 2.21. The first-order chi connectivity index (χ1) is 6.93. The van der Waals surface area contributed by atoms with Crippen LogP contribution in [-0.2, 0) is 0 Å². The van der Waals surface area contributed by atoms with E-state index in [4.69, 9.17) is 0 Å². The number of carbonyl (C=O) groups is 1. The van der Waals surface area contributed by atoms with E-state index in [1.165, 1.54) is 6.07 Å². The topological polar surface area (TPSA) is 29.1 Å². The summed E-state index contributed by atoms with van der Waals surface area (Å²) in [4.78, 5) is 11.6. The molecule has 0 saturated carbocycles. The van der Waals surface area contributed by atoms with Crippen LogP contribution in [0.5, 0.6) is 0 Å². The van der Waals surface area contributed by atoms with Crippen molar-refractivity contribution in [2.45, 2.75) is 26.8 Å². The van der Waals surface area contributed by atoms with Crippen molar-refractivity contribution in [3.63, 3.8) is 0 Å². The number of hydrogen-bond acceptors (Lipinski definition) is 1. The third-order valence-corrected chi connectivity index (χ3v) is 2.84. The first-order valence-electron chi connectivity index (χ1n) is 4.69. The monoisotopic (exact) mass is 273 g/mol. The summed E-state index contributed by atoms with van der Waals surface area (Å²) in [5.74, 6) is -0.847. The molecule has 0 radical (unpaired) electrons. The van der Waals surface area contributed by atoms with Crippen molar-refractivity contribution in [1.29, 1.82) is 0 Å². The molecule has 0 fully saturated rings. The van der Waals surface area contributed by atoms with Crippen molar-refractivity contribution in [2.24, 2.45) is 0 Å². The molecule has 0 heterocycles. The van der Waals surface area contributed by atoms with E-state index in [-0.39, 0.29) is 17.5 Å². The van der Waals surface area contributed by atoms with Crippen LogP contribution >= 0.6 is 15.9 Å². The van der Waals surface area contributed by atoms with Gasteiger partial charge in [-0.05, 0) is 38.5 Å². The molecule has 1 rings (SSSR count). The van der Waals surface area contributed by atoms with Crippen LogP contribution in [0.1, 0.15) is 29.8 Å². The van der Waals surface area contributed by atoms with Crippen LogP contribution in [0.3, 0.4) is 0 Å². The number of nitrogens with one attached hydrogen (secondary N) is 1. The van der Waals surface area contributed by atoms with Gasteiger partial charge in [0.25, 0.3) is 5.91 Å². The molecule has 0 aromatic heterocycles. The average molecular weight is 274 g/mol. The lowest BCUT2D eigenvalue weighted by Crippen LogP contribution is -2.30. The number of hydrogen-bond donors (Lipinski definition) is 1. The first kappa shape index (κ1) is 12.2. The van der Waals surface area contributed by atoms with Gasteiger partial charge in [0.1, 0.15) is 5.82 Å². The van der Waals surface area contributed by atoms with Gasteiger partial charge < -0.3 is 5.32 Å². The van der Waals surface area contributed by atoms with E-state index in [1.54, 1.807) is 13.0 Å². The van der Waals surface area contributed by atoms with Crippen LogP contribution in [0.2, 0.25) is 0 Å². The quantitative estimate of drug-likeness (QED) is 0.882. The molecule has 2 nitrogen and oxygen atoms in total. The van der Waals surface area contributed by atoms with Crippen molar-refractivity contribution in [1.82, 2.24) is 5.32 Å². The molecule has 0 aliphatic heterocycles. The number of benzene rings is 1. The molecule has 0 spiro atoms. The van der Waals surface area contributed by atoms with E-state index >= 15 is 0 Å². The fourth-order valence-corrected chi connectivity index (χ4v) is 1.48. The maximum atomic E-state index is 13.7. The predicted octanol–water partition coefficient (Wildman–Crippen LogP) is 3.03. The minimum atomic E-state index is -0.470. The first-order valence-corrected chi connectivity index (χ1v) is 5.48. The zero-order valence-corrected chi connectivity index (χ0v) is 10.5. The van der Waals surface area contributed by atoms with Crippen molar-refractivity contribution in [3.8, 4) is 0 Å². The lowest BCUT2D eigenvalue weighted by molar-refractivity contribution is 0.0939. The second-order valence-electron chi connectivity index (χ2n) is 3.66. The van der Waals surface area contributed by atoms with Gasteiger partial charge in [0.15, 0.2) is 0 Å². The van der Waals surface area contributed by atoms with Crippen LogP contribution in [0.15, 0.2) is 16.6 Å². The van der Waals surface area contributed by atoms with Crippen LogP contribution in [0.4, 0.5) is 4.39 Å². The van der Waals surface area contributed by atoms with E-state index in [9.17, 15) is 9.18 Å². The second kappa shape index (κ2) is 4.75. The van der Waals surface area contributed by atoms with Crippen LogP contribution in [-0.4, -0.2) is 11.9 Å². The van der Waals surface area contributed by atoms with Gasteiger partial charge in [-0.2, -0.15) is 0 Å². The minimum Gasteiger partial charge on any atom is -0.350 e. The Balaban J connectivity index is 3.06. The van der Waals surface area contributed by atoms with Gasteiger partial charge >= 0.3 is 0 Å². The third-order valence-electron chi connectivity index (χ3n) is 1.98. The maximum absolute atomic E-state index is 13.7. The van der Waals surface area contributed by atoms with Gasteiger partial charge in [-0.15, -0.1) is 0 Å². The maximum Gasteiger partial charge on any atom is 0.254 e. The highest BCUT2D eigenvalue weighted by atomic mass is 79.9. The molecule has 4 heteroatoms. The fraction of sp³-hybridized carbons (Fsp3) is 0.364. The smallest absolute Gasteiger partial charge is 0.254 e. The zero-order valence-electron chi connectivity index (χ0n) is 8.90. The fourth-order valence-electron chi connectivity index (χ4n) is 1.18. The van der Waals surface area contributed by atoms with Crippen molar-refractivity contribution in [3.05, 3.63) is 33.5 Å². The highest BCUT2D eigenvalue weighted by Gasteiger charge is 2.15. The van der Waals surface area contributed by atoms with E-state index in [1.807, 2.05) is 13.8 Å². The number of amides is 1. The molecule has 1 aromatic rings. The molecule has 0 bridgehead atoms. The largest absolute Gasteiger partial charge is 0.350 e.